The molecule has 14 heteroatoms. The Morgan fingerprint density at radius 1 is 0.396 bits per heavy atom. The lowest BCUT2D eigenvalue weighted by atomic mass is 9.95. The molecule has 0 aromatic carbocycles. The number of aliphatic hydroxyl groups is 3. The summed E-state index contributed by atoms with van der Waals surface area (Å²) in [5.74, 6) is -0.961. The van der Waals surface area contributed by atoms with Gasteiger partial charge >= 0.3 is 15.6 Å². The molecule has 0 aromatic heterocycles. The molecule has 0 radical (unpaired) electrons. The fourth-order valence-electron chi connectivity index (χ4n) is 6.33. The van der Waals surface area contributed by atoms with Crippen molar-refractivity contribution in [2.75, 3.05) is 0 Å². The van der Waals surface area contributed by atoms with Crippen LogP contribution in [0.5, 0.6) is 0 Å². The van der Waals surface area contributed by atoms with Crippen molar-refractivity contribution in [3.8, 4) is 0 Å². The van der Waals surface area contributed by atoms with E-state index in [1.54, 1.807) is 0 Å². The molecular weight excluding hydrogens is 722 g/mol. The topological polar surface area (TPSA) is 219 Å². The standard InChI is InChI=1S/C39H76O5.H4O7P2/c1-3-5-7-9-11-13-15-17-19-21-23-25-27-29-31-33-35(40)37(42)39(44)38(43)36(41)34-32-30-28-26-24-22-20-18-16-14-12-10-8-6-4-2;1-8(2,3)7-9(4,5)6/h37-39,42-44H,3-34H2,1-2H3;(H2,1,2,3)(H2,4,5,6). The minimum Gasteiger partial charge on any atom is -0.387 e. The zero-order chi connectivity index (χ0) is 40.2. The van der Waals surface area contributed by atoms with Crippen LogP contribution in [0.3, 0.4) is 0 Å². The Balaban J connectivity index is 0. The lowest BCUT2D eigenvalue weighted by molar-refractivity contribution is -0.146. The molecule has 7 N–H and O–H groups in total. The maximum Gasteiger partial charge on any atom is 0.478 e. The number of carbonyl (C=O) groups is 2. The molecule has 0 saturated heterocycles. The molecule has 318 valence electrons. The maximum atomic E-state index is 12.3. The van der Waals surface area contributed by atoms with Gasteiger partial charge in [0.05, 0.1) is 0 Å². The van der Waals surface area contributed by atoms with Gasteiger partial charge in [0.1, 0.15) is 18.3 Å². The van der Waals surface area contributed by atoms with Crippen molar-refractivity contribution in [3.05, 3.63) is 0 Å². The van der Waals surface area contributed by atoms with Crippen LogP contribution in [0.4, 0.5) is 0 Å². The van der Waals surface area contributed by atoms with Gasteiger partial charge in [-0.05, 0) is 12.8 Å². The van der Waals surface area contributed by atoms with E-state index in [2.05, 4.69) is 18.2 Å². The minimum atomic E-state index is -5.05. The fraction of sp³-hybridized carbons (Fsp3) is 0.949. The molecule has 12 nitrogen and oxygen atoms in total. The van der Waals surface area contributed by atoms with Gasteiger partial charge in [-0.15, -0.1) is 0 Å². The smallest absolute Gasteiger partial charge is 0.387 e. The quantitative estimate of drug-likeness (QED) is 0.0229. The van der Waals surface area contributed by atoms with Crippen molar-refractivity contribution in [1.29, 1.82) is 0 Å². The van der Waals surface area contributed by atoms with E-state index in [1.165, 1.54) is 154 Å². The Kier molecular flexibility index (Phi) is 38.2. The summed E-state index contributed by atoms with van der Waals surface area (Å²) in [6.45, 7) is 4.52. The maximum absolute atomic E-state index is 12.3. The van der Waals surface area contributed by atoms with Crippen LogP contribution in [0.25, 0.3) is 0 Å². The van der Waals surface area contributed by atoms with Crippen LogP contribution in [-0.2, 0) is 23.0 Å². The summed E-state index contributed by atoms with van der Waals surface area (Å²) in [6.07, 6.45) is 32.5. The highest BCUT2D eigenvalue weighted by Gasteiger charge is 2.33. The van der Waals surface area contributed by atoms with E-state index in [0.29, 0.717) is 12.8 Å². The van der Waals surface area contributed by atoms with E-state index >= 15 is 0 Å². The number of Topliss-reactive ketones (excluding diaryl/α,β-unsaturated/α-hetero) is 2. The van der Waals surface area contributed by atoms with Crippen molar-refractivity contribution in [1.82, 2.24) is 0 Å². The number of ketones is 2. The molecule has 0 heterocycles. The van der Waals surface area contributed by atoms with Crippen molar-refractivity contribution in [2.24, 2.45) is 0 Å². The van der Waals surface area contributed by atoms with Gasteiger partial charge in [0.15, 0.2) is 11.6 Å². The van der Waals surface area contributed by atoms with Crippen LogP contribution >= 0.6 is 15.6 Å². The Morgan fingerprint density at radius 3 is 0.755 bits per heavy atom. The van der Waals surface area contributed by atoms with Gasteiger partial charge in [-0.2, -0.15) is 4.31 Å². The molecule has 53 heavy (non-hydrogen) atoms. The number of phosphoric acid groups is 2. The zero-order valence-corrected chi connectivity index (χ0v) is 35.2. The lowest BCUT2D eigenvalue weighted by Gasteiger charge is -2.21. The summed E-state index contributed by atoms with van der Waals surface area (Å²) in [4.78, 5) is 55.6. The average Bonchev–Trinajstić information content (AvgIpc) is 3.09. The van der Waals surface area contributed by atoms with Gasteiger partial charge in [0.25, 0.3) is 0 Å². The van der Waals surface area contributed by atoms with Crippen LogP contribution in [0, 0.1) is 0 Å². The molecule has 0 spiro atoms. The predicted molar refractivity (Wildman–Crippen MR) is 212 cm³/mol. The molecule has 0 fully saturated rings. The van der Waals surface area contributed by atoms with Crippen LogP contribution in [0.2, 0.25) is 0 Å². The van der Waals surface area contributed by atoms with E-state index in [9.17, 15) is 34.0 Å². The third-order valence-electron chi connectivity index (χ3n) is 9.57. The summed E-state index contributed by atoms with van der Waals surface area (Å²) in [7, 11) is -10.1. The highest BCUT2D eigenvalue weighted by atomic mass is 31.3. The van der Waals surface area contributed by atoms with Gasteiger partial charge in [0.2, 0.25) is 0 Å². The molecule has 0 aliphatic carbocycles. The normalized spacial score (nSPS) is 13.7. The average molecular weight is 803 g/mol. The molecule has 0 rings (SSSR count). The first-order chi connectivity index (χ1) is 25.2. The predicted octanol–water partition coefficient (Wildman–Crippen LogP) is 9.92. The van der Waals surface area contributed by atoms with Crippen LogP contribution in [0.15, 0.2) is 0 Å². The van der Waals surface area contributed by atoms with Gasteiger partial charge in [-0.25, -0.2) is 9.13 Å². The first-order valence-corrected chi connectivity index (χ1v) is 24.1. The van der Waals surface area contributed by atoms with Crippen LogP contribution < -0.4 is 0 Å². The number of aliphatic hydroxyl groups excluding tert-OH is 3. The number of unbranched alkanes of at least 4 members (excludes halogenated alkanes) is 28. The number of rotatable bonds is 38. The highest BCUT2D eigenvalue weighted by Crippen LogP contribution is 2.53. The van der Waals surface area contributed by atoms with E-state index in [0.717, 1.165) is 25.7 Å². The molecule has 0 amide bonds. The van der Waals surface area contributed by atoms with Crippen LogP contribution in [-0.4, -0.2) is 64.8 Å². The Labute approximate surface area is 322 Å². The van der Waals surface area contributed by atoms with Gasteiger partial charge in [0, 0.05) is 12.8 Å². The Bertz CT molecular complexity index is 867. The molecule has 2 unspecified atom stereocenters. The van der Waals surface area contributed by atoms with E-state index in [1.807, 2.05) is 0 Å². The largest absolute Gasteiger partial charge is 0.478 e. The third kappa shape index (κ3) is 40.9. The first kappa shape index (κ1) is 54.6. The Hall–Kier alpha value is -0.520. The molecule has 2 atom stereocenters. The van der Waals surface area contributed by atoms with Crippen molar-refractivity contribution in [2.45, 2.75) is 238 Å². The second-order valence-electron chi connectivity index (χ2n) is 14.8. The molecular formula is C39H80O12P2. The number of hydrogen-bond acceptors (Lipinski definition) is 8. The SMILES string of the molecule is CCCCCCCCCCCCCCCCCC(=O)C(O)C(O)C(O)C(=O)CCCCCCCCCCCCCCCCC.O=P(O)(O)OP(=O)(O)O. The number of hydrogen-bond donors (Lipinski definition) is 7. The minimum absolute atomic E-state index is 0.177. The molecule has 0 bridgehead atoms. The zero-order valence-electron chi connectivity index (χ0n) is 33.4. The molecule has 0 aliphatic heterocycles. The monoisotopic (exact) mass is 803 g/mol. The van der Waals surface area contributed by atoms with E-state index in [-0.39, 0.29) is 12.8 Å². The second-order valence-corrected chi connectivity index (χ2v) is 17.4. The molecule has 0 aliphatic rings. The highest BCUT2D eigenvalue weighted by molar-refractivity contribution is 7.60. The summed E-state index contributed by atoms with van der Waals surface area (Å²) >= 11 is 0. The summed E-state index contributed by atoms with van der Waals surface area (Å²) in [5.41, 5.74) is 0. The Morgan fingerprint density at radius 2 is 0.585 bits per heavy atom. The molecule has 0 saturated carbocycles. The summed E-state index contributed by atoms with van der Waals surface area (Å²) in [5, 5.41) is 30.7. The summed E-state index contributed by atoms with van der Waals surface area (Å²) < 4.78 is 22.2. The third-order valence-corrected chi connectivity index (χ3v) is 11.3. The van der Waals surface area contributed by atoms with Crippen LogP contribution in [0.1, 0.15) is 219 Å². The van der Waals surface area contributed by atoms with Crippen molar-refractivity contribution in [3.63, 3.8) is 0 Å². The van der Waals surface area contributed by atoms with Gasteiger partial charge in [-0.3, -0.25) is 9.59 Å². The molecule has 0 aromatic rings. The van der Waals surface area contributed by atoms with Gasteiger partial charge < -0.3 is 34.9 Å². The van der Waals surface area contributed by atoms with Gasteiger partial charge in [-0.1, -0.05) is 194 Å². The van der Waals surface area contributed by atoms with Crippen molar-refractivity contribution >= 4 is 27.2 Å². The van der Waals surface area contributed by atoms with E-state index in [4.69, 9.17) is 19.6 Å². The van der Waals surface area contributed by atoms with Crippen molar-refractivity contribution < 1.29 is 57.9 Å². The number of carbonyl (C=O) groups excluding carboxylic acids is 2. The summed E-state index contributed by atoms with van der Waals surface area (Å²) in [6, 6.07) is 0. The lowest BCUT2D eigenvalue weighted by Crippen LogP contribution is -2.45. The van der Waals surface area contributed by atoms with E-state index < -0.39 is 45.5 Å². The second kappa shape index (κ2) is 37.1. The fourth-order valence-corrected chi connectivity index (χ4v) is 7.44. The first-order valence-electron chi connectivity index (χ1n) is 21.1.